The van der Waals surface area contributed by atoms with Gasteiger partial charge in [0.15, 0.2) is 0 Å². The minimum absolute atomic E-state index is 0.247. The highest BCUT2D eigenvalue weighted by molar-refractivity contribution is 7.14. The first-order valence-corrected chi connectivity index (χ1v) is 6.41. The maximum atomic E-state index is 10.7. The highest BCUT2D eigenvalue weighted by Gasteiger charge is 2.06. The van der Waals surface area contributed by atoms with Gasteiger partial charge in [0.05, 0.1) is 11.9 Å². The highest BCUT2D eigenvalue weighted by atomic mass is 32.1. The SMILES string of the molecule is CCCn1nccc1C=Cc1ncc(C(=O)O)s1. The zero-order valence-corrected chi connectivity index (χ0v) is 10.7. The van der Waals surface area contributed by atoms with Crippen molar-refractivity contribution in [2.45, 2.75) is 19.9 Å². The molecule has 0 fully saturated rings. The van der Waals surface area contributed by atoms with Crippen molar-refractivity contribution in [3.05, 3.63) is 34.0 Å². The minimum Gasteiger partial charge on any atom is -0.477 e. The Balaban J connectivity index is 2.14. The Hall–Kier alpha value is -1.95. The van der Waals surface area contributed by atoms with E-state index >= 15 is 0 Å². The number of carboxylic acid groups (broad SMARTS) is 1. The standard InChI is InChI=1S/C12H13N3O2S/c1-2-7-15-9(5-6-14-15)3-4-11-13-8-10(18-11)12(16)17/h3-6,8H,2,7H2,1H3,(H,16,17). The number of aryl methyl sites for hydroxylation is 1. The summed E-state index contributed by atoms with van der Waals surface area (Å²) in [6.07, 6.45) is 7.84. The van der Waals surface area contributed by atoms with E-state index in [1.165, 1.54) is 6.20 Å². The van der Waals surface area contributed by atoms with Crippen LogP contribution in [0.3, 0.4) is 0 Å². The summed E-state index contributed by atoms with van der Waals surface area (Å²) in [6, 6.07) is 1.91. The van der Waals surface area contributed by atoms with Crippen molar-refractivity contribution in [1.82, 2.24) is 14.8 Å². The Bertz CT molecular complexity index is 571. The highest BCUT2D eigenvalue weighted by Crippen LogP contribution is 2.15. The van der Waals surface area contributed by atoms with E-state index in [2.05, 4.69) is 17.0 Å². The second-order valence-electron chi connectivity index (χ2n) is 3.68. The van der Waals surface area contributed by atoms with E-state index in [-0.39, 0.29) is 4.88 Å². The zero-order chi connectivity index (χ0) is 13.0. The Kier molecular flexibility index (Phi) is 3.88. The average Bonchev–Trinajstić information content (AvgIpc) is 2.95. The molecule has 0 amide bonds. The predicted molar refractivity (Wildman–Crippen MR) is 70.5 cm³/mol. The molecule has 0 spiro atoms. The summed E-state index contributed by atoms with van der Waals surface area (Å²) < 4.78 is 1.90. The molecule has 6 heteroatoms. The van der Waals surface area contributed by atoms with Crippen LogP contribution in [0.2, 0.25) is 0 Å². The maximum absolute atomic E-state index is 10.7. The number of rotatable bonds is 5. The van der Waals surface area contributed by atoms with Gasteiger partial charge in [-0.25, -0.2) is 9.78 Å². The fourth-order valence-corrected chi connectivity index (χ4v) is 2.16. The Morgan fingerprint density at radius 3 is 3.06 bits per heavy atom. The number of aromatic nitrogens is 3. The molecule has 0 aliphatic heterocycles. The van der Waals surface area contributed by atoms with Crippen molar-refractivity contribution in [3.63, 3.8) is 0 Å². The molecule has 0 unspecified atom stereocenters. The summed E-state index contributed by atoms with van der Waals surface area (Å²) >= 11 is 1.15. The summed E-state index contributed by atoms with van der Waals surface area (Å²) in [6.45, 7) is 2.96. The van der Waals surface area contributed by atoms with Crippen molar-refractivity contribution < 1.29 is 9.90 Å². The molecule has 2 rings (SSSR count). The zero-order valence-electron chi connectivity index (χ0n) is 9.91. The molecule has 94 valence electrons. The smallest absolute Gasteiger partial charge is 0.347 e. The third-order valence-electron chi connectivity index (χ3n) is 2.32. The monoisotopic (exact) mass is 263 g/mol. The third kappa shape index (κ3) is 2.84. The quantitative estimate of drug-likeness (QED) is 0.900. The minimum atomic E-state index is -0.942. The summed E-state index contributed by atoms with van der Waals surface area (Å²) in [5.41, 5.74) is 0.990. The number of hydrogen-bond donors (Lipinski definition) is 1. The molecular formula is C12H13N3O2S. The number of hydrogen-bond acceptors (Lipinski definition) is 4. The summed E-state index contributed by atoms with van der Waals surface area (Å²) in [4.78, 5) is 15.0. The first kappa shape index (κ1) is 12.5. The molecule has 0 aliphatic rings. The van der Waals surface area contributed by atoms with Crippen LogP contribution in [0.25, 0.3) is 12.2 Å². The normalized spacial score (nSPS) is 11.2. The van der Waals surface area contributed by atoms with Gasteiger partial charge in [-0.05, 0) is 24.6 Å². The maximum Gasteiger partial charge on any atom is 0.347 e. The molecule has 18 heavy (non-hydrogen) atoms. The second-order valence-corrected chi connectivity index (χ2v) is 4.74. The molecular weight excluding hydrogens is 250 g/mol. The van der Waals surface area contributed by atoms with E-state index in [1.54, 1.807) is 12.3 Å². The van der Waals surface area contributed by atoms with Crippen LogP contribution in [0.4, 0.5) is 0 Å². The van der Waals surface area contributed by atoms with E-state index in [0.717, 1.165) is 30.0 Å². The average molecular weight is 263 g/mol. The third-order valence-corrected chi connectivity index (χ3v) is 3.27. The van der Waals surface area contributed by atoms with Crippen LogP contribution in [-0.2, 0) is 6.54 Å². The molecule has 1 N–H and O–H groups in total. The number of nitrogens with zero attached hydrogens (tertiary/aromatic N) is 3. The topological polar surface area (TPSA) is 68.0 Å². The van der Waals surface area contributed by atoms with Gasteiger partial charge in [0, 0.05) is 12.7 Å². The molecule has 2 heterocycles. The second kappa shape index (κ2) is 5.59. The van der Waals surface area contributed by atoms with Gasteiger partial charge in [0.2, 0.25) is 0 Å². The molecule has 2 aromatic heterocycles. The Morgan fingerprint density at radius 1 is 1.56 bits per heavy atom. The predicted octanol–water partition coefficient (Wildman–Crippen LogP) is 2.62. The van der Waals surface area contributed by atoms with Crippen LogP contribution < -0.4 is 0 Å². The summed E-state index contributed by atoms with van der Waals surface area (Å²) in [5, 5.41) is 13.7. The molecule has 0 atom stereocenters. The molecule has 0 radical (unpaired) electrons. The first-order valence-electron chi connectivity index (χ1n) is 5.59. The molecule has 0 aromatic carbocycles. The lowest BCUT2D eigenvalue weighted by Gasteiger charge is -2.00. The van der Waals surface area contributed by atoms with E-state index in [4.69, 9.17) is 5.11 Å². The molecule has 0 aliphatic carbocycles. The van der Waals surface area contributed by atoms with Gasteiger partial charge in [-0.2, -0.15) is 5.10 Å². The lowest BCUT2D eigenvalue weighted by Crippen LogP contribution is -2.00. The Morgan fingerprint density at radius 2 is 2.39 bits per heavy atom. The van der Waals surface area contributed by atoms with Crippen molar-refractivity contribution in [1.29, 1.82) is 0 Å². The van der Waals surface area contributed by atoms with Crippen LogP contribution in [-0.4, -0.2) is 25.8 Å². The van der Waals surface area contributed by atoms with Crippen LogP contribution in [0, 0.1) is 0 Å². The lowest BCUT2D eigenvalue weighted by molar-refractivity contribution is 0.0702. The van der Waals surface area contributed by atoms with Gasteiger partial charge < -0.3 is 5.11 Å². The fourth-order valence-electron chi connectivity index (χ4n) is 1.50. The number of thiazole rings is 1. The van der Waals surface area contributed by atoms with Gasteiger partial charge in [0.1, 0.15) is 9.88 Å². The van der Waals surface area contributed by atoms with Gasteiger partial charge in [-0.15, -0.1) is 11.3 Å². The van der Waals surface area contributed by atoms with Gasteiger partial charge in [-0.3, -0.25) is 4.68 Å². The number of aromatic carboxylic acids is 1. The van der Waals surface area contributed by atoms with Gasteiger partial charge in [-0.1, -0.05) is 6.92 Å². The van der Waals surface area contributed by atoms with Crippen LogP contribution in [0.5, 0.6) is 0 Å². The van der Waals surface area contributed by atoms with Gasteiger partial charge in [0.25, 0.3) is 0 Å². The molecule has 0 bridgehead atoms. The van der Waals surface area contributed by atoms with Crippen LogP contribution >= 0.6 is 11.3 Å². The summed E-state index contributed by atoms with van der Waals surface area (Å²) in [7, 11) is 0. The van der Waals surface area contributed by atoms with E-state index < -0.39 is 5.97 Å². The number of carboxylic acids is 1. The van der Waals surface area contributed by atoms with E-state index in [1.807, 2.05) is 16.8 Å². The van der Waals surface area contributed by atoms with Crippen LogP contribution in [0.1, 0.15) is 33.7 Å². The fraction of sp³-hybridized carbons (Fsp3) is 0.250. The Labute approximate surface area is 108 Å². The van der Waals surface area contributed by atoms with Crippen LogP contribution in [0.15, 0.2) is 18.5 Å². The first-order chi connectivity index (χ1) is 8.70. The van der Waals surface area contributed by atoms with Crippen molar-refractivity contribution in [2.24, 2.45) is 0 Å². The van der Waals surface area contributed by atoms with E-state index in [9.17, 15) is 4.79 Å². The van der Waals surface area contributed by atoms with Gasteiger partial charge >= 0.3 is 5.97 Å². The molecule has 2 aromatic rings. The van der Waals surface area contributed by atoms with Crippen molar-refractivity contribution in [3.8, 4) is 0 Å². The molecule has 5 nitrogen and oxygen atoms in total. The van der Waals surface area contributed by atoms with E-state index in [0.29, 0.717) is 5.01 Å². The lowest BCUT2D eigenvalue weighted by atomic mass is 10.3. The largest absolute Gasteiger partial charge is 0.477 e. The van der Waals surface area contributed by atoms with Crippen molar-refractivity contribution >= 4 is 29.5 Å². The number of carbonyl (C=O) groups is 1. The van der Waals surface area contributed by atoms with Crippen molar-refractivity contribution in [2.75, 3.05) is 0 Å². The summed E-state index contributed by atoms with van der Waals surface area (Å²) in [5.74, 6) is -0.942. The molecule has 0 saturated heterocycles. The molecule has 0 saturated carbocycles.